The number of fused-ring (bicyclic) bond motifs is 1. The van der Waals surface area contributed by atoms with Crippen LogP contribution in [0.5, 0.6) is 0 Å². The van der Waals surface area contributed by atoms with E-state index in [9.17, 15) is 14.0 Å². The molecule has 3 rings (SSSR count). The lowest BCUT2D eigenvalue weighted by molar-refractivity contribution is -0.124. The Morgan fingerprint density at radius 1 is 1.25 bits per heavy atom. The number of ether oxygens (including phenoxy) is 1. The third-order valence-corrected chi connectivity index (χ3v) is 5.44. The fraction of sp³-hybridized carbons (Fsp3) is 0.444. The molecule has 0 spiro atoms. The molecule has 4 nitrogen and oxygen atoms in total. The Kier molecular flexibility index (Phi) is 5.45. The average molecular weight is 349 g/mol. The summed E-state index contributed by atoms with van der Waals surface area (Å²) in [7, 11) is 0. The molecule has 1 aromatic heterocycles. The molecular weight excluding hydrogens is 329 g/mol. The van der Waals surface area contributed by atoms with Gasteiger partial charge in [-0.15, -0.1) is 11.3 Å². The van der Waals surface area contributed by atoms with Crippen molar-refractivity contribution in [2.75, 3.05) is 13.2 Å². The van der Waals surface area contributed by atoms with E-state index in [0.717, 1.165) is 24.2 Å². The van der Waals surface area contributed by atoms with Crippen molar-refractivity contribution < 1.29 is 18.7 Å². The highest BCUT2D eigenvalue weighted by Crippen LogP contribution is 2.28. The number of hydrogen-bond acceptors (Lipinski definition) is 4. The Morgan fingerprint density at radius 3 is 2.79 bits per heavy atom. The van der Waals surface area contributed by atoms with Gasteiger partial charge < -0.3 is 10.1 Å². The Balaban J connectivity index is 1.49. The van der Waals surface area contributed by atoms with Crippen molar-refractivity contribution in [1.29, 1.82) is 0 Å². The minimum absolute atomic E-state index is 0.291. The van der Waals surface area contributed by atoms with Crippen LogP contribution in [0.25, 0.3) is 10.1 Å². The molecule has 1 aliphatic rings. The number of carbonyl (C=O) groups excluding carboxylic acids is 2. The second-order valence-corrected chi connectivity index (χ2v) is 7.23. The second-order valence-electron chi connectivity index (χ2n) is 6.15. The van der Waals surface area contributed by atoms with Gasteiger partial charge in [-0.05, 0) is 37.0 Å². The van der Waals surface area contributed by atoms with Gasteiger partial charge in [0.25, 0.3) is 5.91 Å². The summed E-state index contributed by atoms with van der Waals surface area (Å²) in [4.78, 5) is 24.1. The van der Waals surface area contributed by atoms with Crippen molar-refractivity contribution in [2.24, 2.45) is 5.92 Å². The SMILES string of the molecule is O=C(COC(=O)c1cc2c(F)cccc2s1)NCC1CCCCC1. The van der Waals surface area contributed by atoms with E-state index in [4.69, 9.17) is 4.74 Å². The molecule has 1 aromatic carbocycles. The van der Waals surface area contributed by atoms with Crippen LogP contribution in [-0.2, 0) is 9.53 Å². The maximum absolute atomic E-state index is 13.6. The molecule has 24 heavy (non-hydrogen) atoms. The molecule has 1 fully saturated rings. The third-order valence-electron chi connectivity index (χ3n) is 4.36. The van der Waals surface area contributed by atoms with Gasteiger partial charge in [0.15, 0.2) is 6.61 Å². The highest BCUT2D eigenvalue weighted by Gasteiger charge is 2.17. The van der Waals surface area contributed by atoms with Crippen LogP contribution in [0.4, 0.5) is 4.39 Å². The van der Waals surface area contributed by atoms with Crippen molar-refractivity contribution in [1.82, 2.24) is 5.32 Å². The summed E-state index contributed by atoms with van der Waals surface area (Å²) < 4.78 is 19.4. The highest BCUT2D eigenvalue weighted by molar-refractivity contribution is 7.20. The van der Waals surface area contributed by atoms with Gasteiger partial charge in [-0.3, -0.25) is 4.79 Å². The van der Waals surface area contributed by atoms with Crippen LogP contribution in [0.1, 0.15) is 41.8 Å². The topological polar surface area (TPSA) is 55.4 Å². The van der Waals surface area contributed by atoms with Crippen LogP contribution in [0, 0.1) is 11.7 Å². The summed E-state index contributed by atoms with van der Waals surface area (Å²) in [5, 5.41) is 3.22. The van der Waals surface area contributed by atoms with Gasteiger partial charge in [0.05, 0.1) is 0 Å². The lowest BCUT2D eigenvalue weighted by Crippen LogP contribution is -2.33. The van der Waals surface area contributed by atoms with Crippen molar-refractivity contribution in [3.05, 3.63) is 35.0 Å². The maximum Gasteiger partial charge on any atom is 0.348 e. The number of amides is 1. The Morgan fingerprint density at radius 2 is 2.04 bits per heavy atom. The summed E-state index contributed by atoms with van der Waals surface area (Å²) in [6, 6.07) is 6.17. The zero-order valence-corrected chi connectivity index (χ0v) is 14.2. The van der Waals surface area contributed by atoms with E-state index in [1.54, 1.807) is 12.1 Å². The smallest absolute Gasteiger partial charge is 0.348 e. The number of esters is 1. The first-order valence-corrected chi connectivity index (χ1v) is 9.07. The molecule has 1 aliphatic carbocycles. The number of carbonyl (C=O) groups is 2. The third kappa shape index (κ3) is 4.12. The molecule has 1 saturated carbocycles. The maximum atomic E-state index is 13.6. The standard InChI is InChI=1S/C18H20FNO3S/c19-14-7-4-8-15-13(14)9-16(24-15)18(22)23-11-17(21)20-10-12-5-2-1-3-6-12/h4,7-9,12H,1-3,5-6,10-11H2,(H,20,21). The Bertz CT molecular complexity index is 737. The van der Waals surface area contributed by atoms with Gasteiger partial charge in [-0.25, -0.2) is 9.18 Å². The van der Waals surface area contributed by atoms with Crippen LogP contribution >= 0.6 is 11.3 Å². The predicted octanol–water partition coefficient (Wildman–Crippen LogP) is 3.89. The largest absolute Gasteiger partial charge is 0.451 e. The molecule has 0 saturated heterocycles. The Hall–Kier alpha value is -1.95. The molecular formula is C18H20FNO3S. The van der Waals surface area contributed by atoms with E-state index in [0.29, 0.717) is 27.4 Å². The minimum Gasteiger partial charge on any atom is -0.451 e. The fourth-order valence-corrected chi connectivity index (χ4v) is 4.00. The van der Waals surface area contributed by atoms with Crippen LogP contribution < -0.4 is 5.32 Å². The number of nitrogens with one attached hydrogen (secondary N) is 1. The molecule has 0 radical (unpaired) electrons. The van der Waals surface area contributed by atoms with Crippen LogP contribution in [-0.4, -0.2) is 25.0 Å². The monoisotopic (exact) mass is 349 g/mol. The molecule has 1 N–H and O–H groups in total. The lowest BCUT2D eigenvalue weighted by Gasteiger charge is -2.21. The molecule has 0 bridgehead atoms. The van der Waals surface area contributed by atoms with Gasteiger partial charge in [-0.2, -0.15) is 0 Å². The number of benzene rings is 1. The highest BCUT2D eigenvalue weighted by atomic mass is 32.1. The minimum atomic E-state index is -0.594. The van der Waals surface area contributed by atoms with Gasteiger partial charge in [-0.1, -0.05) is 25.3 Å². The summed E-state index contributed by atoms with van der Waals surface area (Å²) in [5.74, 6) is -0.721. The van der Waals surface area contributed by atoms with Gasteiger partial charge in [0, 0.05) is 16.6 Å². The van der Waals surface area contributed by atoms with E-state index in [2.05, 4.69) is 5.32 Å². The van der Waals surface area contributed by atoms with E-state index in [1.165, 1.54) is 31.4 Å². The van der Waals surface area contributed by atoms with Gasteiger partial charge in [0.2, 0.25) is 0 Å². The summed E-state index contributed by atoms with van der Waals surface area (Å²) in [6.07, 6.45) is 6.01. The average Bonchev–Trinajstić information content (AvgIpc) is 3.04. The van der Waals surface area contributed by atoms with Crippen molar-refractivity contribution in [3.63, 3.8) is 0 Å². The van der Waals surface area contributed by atoms with Gasteiger partial charge >= 0.3 is 5.97 Å². The predicted molar refractivity (Wildman–Crippen MR) is 91.7 cm³/mol. The zero-order chi connectivity index (χ0) is 16.9. The summed E-state index contributed by atoms with van der Waals surface area (Å²) in [6.45, 7) is 0.340. The van der Waals surface area contributed by atoms with Crippen molar-refractivity contribution in [2.45, 2.75) is 32.1 Å². The van der Waals surface area contributed by atoms with E-state index in [1.807, 2.05) is 0 Å². The van der Waals surface area contributed by atoms with E-state index < -0.39 is 5.97 Å². The first-order chi connectivity index (χ1) is 11.6. The first-order valence-electron chi connectivity index (χ1n) is 8.25. The number of rotatable bonds is 5. The van der Waals surface area contributed by atoms with Crippen molar-refractivity contribution >= 4 is 33.3 Å². The quantitative estimate of drug-likeness (QED) is 0.833. The van der Waals surface area contributed by atoms with Crippen LogP contribution in [0.15, 0.2) is 24.3 Å². The van der Waals surface area contributed by atoms with Gasteiger partial charge in [0.1, 0.15) is 10.7 Å². The number of halogens is 1. The molecule has 2 aromatic rings. The molecule has 1 amide bonds. The number of hydrogen-bond donors (Lipinski definition) is 1. The number of thiophene rings is 1. The molecule has 0 atom stereocenters. The normalized spacial score (nSPS) is 15.4. The second kappa shape index (κ2) is 7.75. The summed E-state index contributed by atoms with van der Waals surface area (Å²) in [5.41, 5.74) is 0. The molecule has 0 aliphatic heterocycles. The van der Waals surface area contributed by atoms with Crippen LogP contribution in [0.3, 0.4) is 0 Å². The molecule has 1 heterocycles. The van der Waals surface area contributed by atoms with Crippen molar-refractivity contribution in [3.8, 4) is 0 Å². The van der Waals surface area contributed by atoms with E-state index >= 15 is 0 Å². The van der Waals surface area contributed by atoms with E-state index in [-0.39, 0.29) is 18.3 Å². The molecule has 128 valence electrons. The Labute approximate surface area is 144 Å². The molecule has 0 unspecified atom stereocenters. The first kappa shape index (κ1) is 16.9. The molecule has 6 heteroatoms. The lowest BCUT2D eigenvalue weighted by atomic mass is 9.89. The zero-order valence-electron chi connectivity index (χ0n) is 13.3. The van der Waals surface area contributed by atoms with Crippen LogP contribution in [0.2, 0.25) is 0 Å². The summed E-state index contributed by atoms with van der Waals surface area (Å²) >= 11 is 1.16. The fourth-order valence-electron chi connectivity index (χ4n) is 3.03.